The summed E-state index contributed by atoms with van der Waals surface area (Å²) in [6.45, 7) is 1.93. The van der Waals surface area contributed by atoms with Gasteiger partial charge >= 0.3 is 0 Å². The van der Waals surface area contributed by atoms with Crippen molar-refractivity contribution in [3.8, 4) is 0 Å². The minimum atomic E-state index is -0.779. The maximum atomic E-state index is 13.5. The van der Waals surface area contributed by atoms with Crippen molar-refractivity contribution in [2.75, 3.05) is 0 Å². The smallest absolute Gasteiger partial charge is 0.166 e. The first kappa shape index (κ1) is 9.13. The van der Waals surface area contributed by atoms with E-state index in [1.807, 2.05) is 19.1 Å². The standard InChI is InChI=1S/C12H10F2/c1-2-8-4-3-5-9-6-7-10(13)12(14)11(8)9/h3-7H,2H2,1H3. The van der Waals surface area contributed by atoms with Gasteiger partial charge in [0, 0.05) is 5.39 Å². The lowest BCUT2D eigenvalue weighted by Crippen LogP contribution is -1.91. The summed E-state index contributed by atoms with van der Waals surface area (Å²) >= 11 is 0. The molecule has 0 aromatic heterocycles. The van der Waals surface area contributed by atoms with Crippen LogP contribution in [0.5, 0.6) is 0 Å². The van der Waals surface area contributed by atoms with Crippen molar-refractivity contribution in [3.05, 3.63) is 47.5 Å². The first-order valence-electron chi connectivity index (χ1n) is 4.59. The van der Waals surface area contributed by atoms with Crippen LogP contribution in [0.1, 0.15) is 12.5 Å². The van der Waals surface area contributed by atoms with Crippen molar-refractivity contribution in [2.45, 2.75) is 13.3 Å². The van der Waals surface area contributed by atoms with Crippen LogP contribution in [-0.4, -0.2) is 0 Å². The molecule has 0 saturated carbocycles. The van der Waals surface area contributed by atoms with Gasteiger partial charge in [0.15, 0.2) is 11.6 Å². The Morgan fingerprint density at radius 3 is 2.57 bits per heavy atom. The zero-order chi connectivity index (χ0) is 10.1. The van der Waals surface area contributed by atoms with Crippen LogP contribution in [0.3, 0.4) is 0 Å². The summed E-state index contributed by atoms with van der Waals surface area (Å²) in [7, 11) is 0. The van der Waals surface area contributed by atoms with Gasteiger partial charge in [-0.05, 0) is 23.4 Å². The van der Waals surface area contributed by atoms with E-state index in [-0.39, 0.29) is 0 Å². The van der Waals surface area contributed by atoms with Gasteiger partial charge in [-0.25, -0.2) is 8.78 Å². The summed E-state index contributed by atoms with van der Waals surface area (Å²) in [6, 6.07) is 8.24. The minimum Gasteiger partial charge on any atom is -0.204 e. The number of benzene rings is 2. The highest BCUT2D eigenvalue weighted by Crippen LogP contribution is 2.24. The molecule has 0 heterocycles. The maximum Gasteiger partial charge on any atom is 0.166 e. The molecule has 0 N–H and O–H groups in total. The fourth-order valence-corrected chi connectivity index (χ4v) is 1.68. The van der Waals surface area contributed by atoms with Gasteiger partial charge in [-0.2, -0.15) is 0 Å². The minimum absolute atomic E-state index is 0.412. The van der Waals surface area contributed by atoms with Crippen molar-refractivity contribution in [1.29, 1.82) is 0 Å². The molecule has 0 bridgehead atoms. The van der Waals surface area contributed by atoms with Gasteiger partial charge in [-0.3, -0.25) is 0 Å². The maximum absolute atomic E-state index is 13.5. The van der Waals surface area contributed by atoms with Crippen LogP contribution in [0.2, 0.25) is 0 Å². The van der Waals surface area contributed by atoms with Crippen molar-refractivity contribution in [3.63, 3.8) is 0 Å². The topological polar surface area (TPSA) is 0 Å². The lowest BCUT2D eigenvalue weighted by atomic mass is 10.0. The quantitative estimate of drug-likeness (QED) is 0.646. The van der Waals surface area contributed by atoms with E-state index in [0.29, 0.717) is 11.8 Å². The number of halogens is 2. The Labute approximate surface area is 81.2 Å². The first-order valence-corrected chi connectivity index (χ1v) is 4.59. The highest BCUT2D eigenvalue weighted by molar-refractivity contribution is 5.86. The fourth-order valence-electron chi connectivity index (χ4n) is 1.68. The van der Waals surface area contributed by atoms with Gasteiger partial charge in [-0.15, -0.1) is 0 Å². The second-order valence-electron chi connectivity index (χ2n) is 3.23. The Morgan fingerprint density at radius 2 is 1.86 bits per heavy atom. The van der Waals surface area contributed by atoms with E-state index in [0.717, 1.165) is 17.0 Å². The molecule has 0 unspecified atom stereocenters. The summed E-state index contributed by atoms with van der Waals surface area (Å²) in [5.41, 5.74) is 0.847. The molecule has 2 heteroatoms. The SMILES string of the molecule is CCc1cccc2ccc(F)c(F)c12. The van der Waals surface area contributed by atoms with Crippen molar-refractivity contribution in [2.24, 2.45) is 0 Å². The van der Waals surface area contributed by atoms with Gasteiger partial charge in [0.2, 0.25) is 0 Å². The molecule has 0 atom stereocenters. The summed E-state index contributed by atoms with van der Waals surface area (Å²) in [4.78, 5) is 0. The monoisotopic (exact) mass is 192 g/mol. The van der Waals surface area contributed by atoms with Gasteiger partial charge in [0.05, 0.1) is 0 Å². The Kier molecular flexibility index (Phi) is 2.20. The Morgan fingerprint density at radius 1 is 1.07 bits per heavy atom. The van der Waals surface area contributed by atoms with Gasteiger partial charge in [0.25, 0.3) is 0 Å². The molecule has 0 aliphatic heterocycles. The highest BCUT2D eigenvalue weighted by Gasteiger charge is 2.09. The van der Waals surface area contributed by atoms with E-state index in [1.165, 1.54) is 0 Å². The molecule has 2 aromatic rings. The zero-order valence-corrected chi connectivity index (χ0v) is 7.85. The van der Waals surface area contributed by atoms with Crippen molar-refractivity contribution >= 4 is 10.8 Å². The molecule has 0 amide bonds. The van der Waals surface area contributed by atoms with E-state index in [2.05, 4.69) is 0 Å². The first-order chi connectivity index (χ1) is 6.74. The molecule has 0 nitrogen and oxygen atoms in total. The fraction of sp³-hybridized carbons (Fsp3) is 0.167. The van der Waals surface area contributed by atoms with E-state index in [9.17, 15) is 8.78 Å². The van der Waals surface area contributed by atoms with Crippen molar-refractivity contribution < 1.29 is 8.78 Å². The van der Waals surface area contributed by atoms with Crippen LogP contribution >= 0.6 is 0 Å². The van der Waals surface area contributed by atoms with Crippen LogP contribution in [0.4, 0.5) is 8.78 Å². The van der Waals surface area contributed by atoms with E-state index < -0.39 is 11.6 Å². The summed E-state index contributed by atoms with van der Waals surface area (Å²) in [5.74, 6) is -1.52. The van der Waals surface area contributed by atoms with Crippen LogP contribution < -0.4 is 0 Å². The van der Waals surface area contributed by atoms with Crippen LogP contribution in [-0.2, 0) is 6.42 Å². The summed E-state index contributed by atoms with van der Waals surface area (Å²) in [5, 5.41) is 1.17. The molecule has 2 aromatic carbocycles. The third-order valence-corrected chi connectivity index (χ3v) is 2.40. The average molecular weight is 192 g/mol. The molecule has 0 fully saturated rings. The molecule has 0 aliphatic rings. The summed E-state index contributed by atoms with van der Waals surface area (Å²) in [6.07, 6.45) is 0.706. The van der Waals surface area contributed by atoms with E-state index >= 15 is 0 Å². The zero-order valence-electron chi connectivity index (χ0n) is 7.85. The molecular formula is C12H10F2. The van der Waals surface area contributed by atoms with E-state index in [1.54, 1.807) is 12.1 Å². The van der Waals surface area contributed by atoms with Crippen LogP contribution in [0.15, 0.2) is 30.3 Å². The third-order valence-electron chi connectivity index (χ3n) is 2.40. The highest BCUT2D eigenvalue weighted by atomic mass is 19.2. The number of hydrogen-bond acceptors (Lipinski definition) is 0. The molecule has 14 heavy (non-hydrogen) atoms. The normalized spacial score (nSPS) is 10.8. The number of hydrogen-bond donors (Lipinski definition) is 0. The van der Waals surface area contributed by atoms with Crippen molar-refractivity contribution in [1.82, 2.24) is 0 Å². The van der Waals surface area contributed by atoms with E-state index in [4.69, 9.17) is 0 Å². The lowest BCUT2D eigenvalue weighted by molar-refractivity contribution is 0.516. The summed E-state index contributed by atoms with van der Waals surface area (Å²) < 4.78 is 26.5. The Bertz CT molecular complexity index is 475. The number of aryl methyl sites for hydroxylation is 1. The number of rotatable bonds is 1. The molecular weight excluding hydrogens is 182 g/mol. The second-order valence-corrected chi connectivity index (χ2v) is 3.23. The largest absolute Gasteiger partial charge is 0.204 e. The van der Waals surface area contributed by atoms with Gasteiger partial charge < -0.3 is 0 Å². The second kappa shape index (κ2) is 3.37. The molecule has 0 radical (unpaired) electrons. The van der Waals surface area contributed by atoms with Crippen LogP contribution in [0.25, 0.3) is 10.8 Å². The molecule has 0 spiro atoms. The molecule has 0 saturated heterocycles. The Hall–Kier alpha value is -1.44. The third kappa shape index (κ3) is 1.27. The lowest BCUT2D eigenvalue weighted by Gasteiger charge is -2.05. The van der Waals surface area contributed by atoms with Crippen LogP contribution in [0, 0.1) is 11.6 Å². The Balaban J connectivity index is 2.89. The average Bonchev–Trinajstić information content (AvgIpc) is 2.23. The van der Waals surface area contributed by atoms with Gasteiger partial charge in [0.1, 0.15) is 0 Å². The number of fused-ring (bicyclic) bond motifs is 1. The molecule has 2 rings (SSSR count). The predicted octanol–water partition coefficient (Wildman–Crippen LogP) is 3.68. The molecule has 0 aliphatic carbocycles. The van der Waals surface area contributed by atoms with Gasteiger partial charge in [-0.1, -0.05) is 31.2 Å². The molecule has 72 valence electrons. The predicted molar refractivity (Wildman–Crippen MR) is 53.2 cm³/mol.